The van der Waals surface area contributed by atoms with Crippen molar-refractivity contribution in [3.05, 3.63) is 54.1 Å². The predicted octanol–water partition coefficient (Wildman–Crippen LogP) is 2.83. The summed E-state index contributed by atoms with van der Waals surface area (Å²) in [6, 6.07) is 15.5. The fourth-order valence-corrected chi connectivity index (χ4v) is 3.49. The van der Waals surface area contributed by atoms with Crippen molar-refractivity contribution in [3.8, 4) is 5.75 Å². The van der Waals surface area contributed by atoms with E-state index in [1.165, 1.54) is 0 Å². The van der Waals surface area contributed by atoms with Crippen LogP contribution in [0, 0.1) is 0 Å². The first-order chi connectivity index (χ1) is 14.1. The van der Waals surface area contributed by atoms with Gasteiger partial charge in [-0.05, 0) is 31.0 Å². The first-order valence-electron chi connectivity index (χ1n) is 9.81. The number of unbranched alkanes of at least 4 members (excludes halogenated alkanes) is 1. The lowest BCUT2D eigenvalue weighted by Gasteiger charge is -2.24. The van der Waals surface area contributed by atoms with Crippen LogP contribution in [0.5, 0.6) is 5.75 Å². The number of fused-ring (bicyclic) bond motifs is 2. The van der Waals surface area contributed by atoms with Crippen LogP contribution in [-0.2, 0) is 16.1 Å². The number of para-hydroxylation sites is 2. The fourth-order valence-electron chi connectivity index (χ4n) is 3.49. The number of rotatable bonds is 7. The Morgan fingerprint density at radius 3 is 2.79 bits per heavy atom. The van der Waals surface area contributed by atoms with E-state index in [0.717, 1.165) is 29.8 Å². The van der Waals surface area contributed by atoms with E-state index in [2.05, 4.69) is 10.3 Å². The molecule has 1 N–H and O–H groups in total. The molecule has 150 valence electrons. The number of hydrogen-bond acceptors (Lipinski definition) is 5. The Kier molecular flexibility index (Phi) is 5.46. The molecule has 1 fully saturated rings. The van der Waals surface area contributed by atoms with E-state index in [0.29, 0.717) is 37.8 Å². The molecule has 0 unspecified atom stereocenters. The molecule has 0 saturated carbocycles. The molecule has 1 saturated heterocycles. The van der Waals surface area contributed by atoms with Crippen LogP contribution in [0.3, 0.4) is 0 Å². The van der Waals surface area contributed by atoms with Gasteiger partial charge in [-0.1, -0.05) is 30.3 Å². The third kappa shape index (κ3) is 4.23. The number of amides is 2. The van der Waals surface area contributed by atoms with E-state index >= 15 is 0 Å². The molecule has 2 aliphatic rings. The van der Waals surface area contributed by atoms with Crippen LogP contribution in [0.2, 0.25) is 0 Å². The van der Waals surface area contributed by atoms with Crippen LogP contribution >= 0.6 is 0 Å². The summed E-state index contributed by atoms with van der Waals surface area (Å²) in [5.41, 5.74) is 2.72. The molecule has 0 atom stereocenters. The van der Waals surface area contributed by atoms with Gasteiger partial charge in [0.15, 0.2) is 0 Å². The van der Waals surface area contributed by atoms with Crippen molar-refractivity contribution in [2.45, 2.75) is 25.8 Å². The third-order valence-electron chi connectivity index (χ3n) is 5.11. The molecular weight excluding hydrogens is 368 g/mol. The van der Waals surface area contributed by atoms with Gasteiger partial charge < -0.3 is 14.5 Å². The van der Waals surface area contributed by atoms with Crippen LogP contribution in [0.1, 0.15) is 24.8 Å². The summed E-state index contributed by atoms with van der Waals surface area (Å²) in [7, 11) is 1.80. The maximum absolute atomic E-state index is 12.3. The Morgan fingerprint density at radius 1 is 1.14 bits per heavy atom. The second kappa shape index (κ2) is 8.34. The van der Waals surface area contributed by atoms with Crippen LogP contribution in [-0.4, -0.2) is 42.9 Å². The smallest absolute Gasteiger partial charge is 0.246 e. The van der Waals surface area contributed by atoms with Gasteiger partial charge in [0.05, 0.1) is 6.61 Å². The molecule has 7 heteroatoms. The SMILES string of the molecule is CN(C(=O)CCCCOc1cccc2c1N=C1NC(=O)CN1C2)c1ccccc1. The molecule has 2 aliphatic heterocycles. The quantitative estimate of drug-likeness (QED) is 0.736. The monoisotopic (exact) mass is 392 g/mol. The van der Waals surface area contributed by atoms with Gasteiger partial charge in [0.25, 0.3) is 0 Å². The highest BCUT2D eigenvalue weighted by molar-refractivity contribution is 6.06. The number of nitrogens with one attached hydrogen (secondary N) is 1. The number of ether oxygens (including phenoxy) is 1. The minimum absolute atomic E-state index is 0.0378. The molecule has 0 aromatic heterocycles. The highest BCUT2D eigenvalue weighted by Gasteiger charge is 2.30. The van der Waals surface area contributed by atoms with E-state index in [1.54, 1.807) is 11.9 Å². The molecule has 0 radical (unpaired) electrons. The molecule has 0 bridgehead atoms. The molecular formula is C22H24N4O3. The summed E-state index contributed by atoms with van der Waals surface area (Å²) in [5.74, 6) is 1.36. The van der Waals surface area contributed by atoms with Crippen molar-refractivity contribution in [1.29, 1.82) is 0 Å². The minimum Gasteiger partial charge on any atom is -0.491 e. The molecule has 2 aromatic rings. The van der Waals surface area contributed by atoms with Gasteiger partial charge in [-0.15, -0.1) is 0 Å². The highest BCUT2D eigenvalue weighted by Crippen LogP contribution is 2.36. The average Bonchev–Trinajstić information content (AvgIpc) is 3.10. The summed E-state index contributed by atoms with van der Waals surface area (Å²) in [6.07, 6.45) is 2.01. The summed E-state index contributed by atoms with van der Waals surface area (Å²) >= 11 is 0. The molecule has 29 heavy (non-hydrogen) atoms. The largest absolute Gasteiger partial charge is 0.491 e. The van der Waals surface area contributed by atoms with Crippen molar-refractivity contribution in [2.24, 2.45) is 4.99 Å². The average molecular weight is 392 g/mol. The zero-order valence-corrected chi connectivity index (χ0v) is 16.4. The zero-order chi connectivity index (χ0) is 20.2. The van der Waals surface area contributed by atoms with Gasteiger partial charge in [-0.3, -0.25) is 14.9 Å². The second-order valence-corrected chi connectivity index (χ2v) is 7.20. The number of anilines is 1. The van der Waals surface area contributed by atoms with Crippen LogP contribution in [0.15, 0.2) is 53.5 Å². The topological polar surface area (TPSA) is 74.2 Å². The molecule has 2 heterocycles. The molecule has 7 nitrogen and oxygen atoms in total. The summed E-state index contributed by atoms with van der Waals surface area (Å²) in [6.45, 7) is 1.50. The number of aliphatic imine (C=N–C) groups is 1. The van der Waals surface area contributed by atoms with Crippen LogP contribution < -0.4 is 15.0 Å². The Hall–Kier alpha value is -3.35. The summed E-state index contributed by atoms with van der Waals surface area (Å²) < 4.78 is 5.94. The highest BCUT2D eigenvalue weighted by atomic mass is 16.5. The maximum Gasteiger partial charge on any atom is 0.246 e. The number of carbonyl (C=O) groups excluding carboxylic acids is 2. The van der Waals surface area contributed by atoms with Crippen molar-refractivity contribution >= 4 is 29.1 Å². The lowest BCUT2D eigenvalue weighted by atomic mass is 10.1. The van der Waals surface area contributed by atoms with Gasteiger partial charge >= 0.3 is 0 Å². The van der Waals surface area contributed by atoms with Gasteiger partial charge in [0, 0.05) is 31.3 Å². The predicted molar refractivity (Wildman–Crippen MR) is 111 cm³/mol. The lowest BCUT2D eigenvalue weighted by molar-refractivity contribution is -0.119. The van der Waals surface area contributed by atoms with Gasteiger partial charge in [0.1, 0.15) is 18.0 Å². The number of benzene rings is 2. The molecule has 2 aromatic carbocycles. The number of hydrogen-bond donors (Lipinski definition) is 1. The van der Waals surface area contributed by atoms with Crippen LogP contribution in [0.4, 0.5) is 11.4 Å². The van der Waals surface area contributed by atoms with E-state index < -0.39 is 0 Å². The van der Waals surface area contributed by atoms with E-state index in [-0.39, 0.29) is 11.8 Å². The fraction of sp³-hybridized carbons (Fsp3) is 0.318. The zero-order valence-electron chi connectivity index (χ0n) is 16.4. The lowest BCUT2D eigenvalue weighted by Crippen LogP contribution is -2.32. The van der Waals surface area contributed by atoms with Crippen molar-refractivity contribution in [3.63, 3.8) is 0 Å². The van der Waals surface area contributed by atoms with Crippen LogP contribution in [0.25, 0.3) is 0 Å². The molecule has 0 aliphatic carbocycles. The number of guanidine groups is 1. The summed E-state index contributed by atoms with van der Waals surface area (Å²) in [4.78, 5) is 32.1. The van der Waals surface area contributed by atoms with Gasteiger partial charge in [-0.2, -0.15) is 0 Å². The van der Waals surface area contributed by atoms with Gasteiger partial charge in [-0.25, -0.2) is 4.99 Å². The Bertz CT molecular complexity index is 942. The van der Waals surface area contributed by atoms with E-state index in [1.807, 2.05) is 53.4 Å². The third-order valence-corrected chi connectivity index (χ3v) is 5.11. The van der Waals surface area contributed by atoms with E-state index in [4.69, 9.17) is 4.74 Å². The van der Waals surface area contributed by atoms with Crippen molar-refractivity contribution in [2.75, 3.05) is 25.1 Å². The van der Waals surface area contributed by atoms with Crippen molar-refractivity contribution < 1.29 is 14.3 Å². The number of carbonyl (C=O) groups is 2. The maximum atomic E-state index is 12.3. The van der Waals surface area contributed by atoms with Crippen molar-refractivity contribution in [1.82, 2.24) is 10.2 Å². The standard InChI is InChI=1S/C22H24N4O3/c1-25(17-9-3-2-4-10-17)20(28)12-5-6-13-29-18-11-7-8-16-14-26-15-19(27)23-22(26)24-21(16)18/h2-4,7-11H,5-6,12-15H2,1H3,(H,23,24,27). The second-order valence-electron chi connectivity index (χ2n) is 7.20. The normalized spacial score (nSPS) is 14.6. The number of nitrogens with zero attached hydrogens (tertiary/aromatic N) is 3. The molecule has 4 rings (SSSR count). The Balaban J connectivity index is 1.28. The van der Waals surface area contributed by atoms with Gasteiger partial charge in [0.2, 0.25) is 17.8 Å². The minimum atomic E-state index is -0.0378. The van der Waals surface area contributed by atoms with E-state index in [9.17, 15) is 9.59 Å². The summed E-state index contributed by atoms with van der Waals surface area (Å²) in [5, 5.41) is 2.78. The Labute approximate surface area is 170 Å². The molecule has 0 spiro atoms. The Morgan fingerprint density at radius 2 is 1.97 bits per heavy atom. The first kappa shape index (κ1) is 19.0. The molecule has 2 amide bonds. The first-order valence-corrected chi connectivity index (χ1v) is 9.81.